The fourth-order valence-corrected chi connectivity index (χ4v) is 5.26. The highest BCUT2D eigenvalue weighted by molar-refractivity contribution is 6.37. The fourth-order valence-electron chi connectivity index (χ4n) is 4.53. The van der Waals surface area contributed by atoms with Gasteiger partial charge in [-0.2, -0.15) is 0 Å². The molecule has 4 heterocycles. The van der Waals surface area contributed by atoms with Crippen molar-refractivity contribution in [2.45, 2.75) is 32.7 Å². The third-order valence-electron chi connectivity index (χ3n) is 6.66. The van der Waals surface area contributed by atoms with Crippen molar-refractivity contribution in [2.24, 2.45) is 5.92 Å². The zero-order valence-electron chi connectivity index (χ0n) is 17.2. The molecule has 5 rings (SSSR count). The number of rotatable bonds is 4. The first-order valence-corrected chi connectivity index (χ1v) is 11.1. The molecule has 1 aromatic carbocycles. The van der Waals surface area contributed by atoms with Crippen LogP contribution in [0, 0.1) is 12.8 Å². The Morgan fingerprint density at radius 3 is 2.81 bits per heavy atom. The van der Waals surface area contributed by atoms with Gasteiger partial charge in [0.1, 0.15) is 0 Å². The number of fused-ring (bicyclic) bond motifs is 2. The summed E-state index contributed by atoms with van der Waals surface area (Å²) in [7, 11) is 0. The minimum absolute atomic E-state index is 0.111. The van der Waals surface area contributed by atoms with Gasteiger partial charge in [0.2, 0.25) is 0 Å². The molecule has 0 aliphatic carbocycles. The van der Waals surface area contributed by atoms with E-state index in [9.17, 15) is 9.59 Å². The first kappa shape index (κ1) is 20.5. The van der Waals surface area contributed by atoms with Crippen molar-refractivity contribution in [2.75, 3.05) is 19.6 Å². The van der Waals surface area contributed by atoms with Gasteiger partial charge >= 0.3 is 0 Å². The number of carbonyl (C=O) groups excluding carboxylic acids is 1. The van der Waals surface area contributed by atoms with E-state index in [-0.39, 0.29) is 23.9 Å². The van der Waals surface area contributed by atoms with Crippen molar-refractivity contribution in [3.8, 4) is 0 Å². The second kappa shape index (κ2) is 7.65. The van der Waals surface area contributed by atoms with E-state index in [1.54, 1.807) is 18.0 Å². The number of hydrogen-bond donors (Lipinski definition) is 2. The average molecular weight is 461 g/mol. The van der Waals surface area contributed by atoms with E-state index in [4.69, 9.17) is 27.7 Å². The number of halogens is 2. The largest absolute Gasteiger partial charge is 0.356 e. The third-order valence-corrected chi connectivity index (χ3v) is 7.41. The molecular weight excluding hydrogens is 439 g/mol. The zero-order valence-corrected chi connectivity index (χ0v) is 18.7. The van der Waals surface area contributed by atoms with E-state index in [1.165, 1.54) is 0 Å². The summed E-state index contributed by atoms with van der Waals surface area (Å²) in [5, 5.41) is 8.87. The molecule has 0 bridgehead atoms. The van der Waals surface area contributed by atoms with Gasteiger partial charge in [-0.25, -0.2) is 0 Å². The zero-order chi connectivity index (χ0) is 21.9. The standard InChI is InChI=1S/C22H22Cl2N4O3/c1-10(12-6-25-7-12)14-5-17(23)13-3-4-28(22(30)18(13)19(14)24)9-16-20-15(8-26-31-20)11(2)27-21(16)29/h5,8,10,12,25H,3-4,6-7,9H2,1-2H3,(H,27,29). The maximum Gasteiger partial charge on any atom is 0.257 e. The highest BCUT2D eigenvalue weighted by Gasteiger charge is 2.34. The van der Waals surface area contributed by atoms with Crippen LogP contribution in [0.3, 0.4) is 0 Å². The van der Waals surface area contributed by atoms with Crippen molar-refractivity contribution < 1.29 is 9.32 Å². The quantitative estimate of drug-likeness (QED) is 0.619. The molecule has 9 heteroatoms. The van der Waals surface area contributed by atoms with E-state index < -0.39 is 0 Å². The Hall–Kier alpha value is -2.35. The van der Waals surface area contributed by atoms with Gasteiger partial charge in [-0.3, -0.25) is 9.59 Å². The summed E-state index contributed by atoms with van der Waals surface area (Å²) in [5.41, 5.74) is 3.30. The van der Waals surface area contributed by atoms with Crippen molar-refractivity contribution >= 4 is 40.1 Å². The summed E-state index contributed by atoms with van der Waals surface area (Å²) >= 11 is 13.4. The summed E-state index contributed by atoms with van der Waals surface area (Å²) < 4.78 is 5.33. The Morgan fingerprint density at radius 1 is 1.32 bits per heavy atom. The molecule has 2 aromatic heterocycles. The van der Waals surface area contributed by atoms with E-state index in [1.807, 2.05) is 6.07 Å². The lowest BCUT2D eigenvalue weighted by molar-refractivity contribution is 0.0726. The van der Waals surface area contributed by atoms with Gasteiger partial charge in [0.25, 0.3) is 11.5 Å². The number of hydrogen-bond acceptors (Lipinski definition) is 5. The number of carbonyl (C=O) groups is 1. The van der Waals surface area contributed by atoms with Crippen LogP contribution in [0.5, 0.6) is 0 Å². The number of aryl methyl sites for hydroxylation is 1. The third kappa shape index (κ3) is 3.26. The van der Waals surface area contributed by atoms with Crippen LogP contribution < -0.4 is 10.9 Å². The second-order valence-electron chi connectivity index (χ2n) is 8.43. The molecule has 0 radical (unpaired) electrons. The molecule has 1 unspecified atom stereocenters. The van der Waals surface area contributed by atoms with Crippen molar-refractivity contribution in [3.05, 3.63) is 60.6 Å². The summed E-state index contributed by atoms with van der Waals surface area (Å²) in [5.74, 6) is 0.433. The Labute approximate surface area is 188 Å². The van der Waals surface area contributed by atoms with Crippen molar-refractivity contribution in [3.63, 3.8) is 0 Å². The molecule has 31 heavy (non-hydrogen) atoms. The monoisotopic (exact) mass is 460 g/mol. The van der Waals surface area contributed by atoms with Crippen LogP contribution in [0.25, 0.3) is 11.0 Å². The lowest BCUT2D eigenvalue weighted by Crippen LogP contribution is -2.45. The molecule has 0 spiro atoms. The molecule has 3 aromatic rings. The SMILES string of the molecule is Cc1[nH]c(=O)c(CN2CCc3c(Cl)cc(C(C)C4CNC4)c(Cl)c3C2=O)c2oncc12. The average Bonchev–Trinajstić information content (AvgIpc) is 3.17. The second-order valence-corrected chi connectivity index (χ2v) is 9.21. The van der Waals surface area contributed by atoms with Crippen LogP contribution in [-0.4, -0.2) is 40.6 Å². The van der Waals surface area contributed by atoms with E-state index in [0.717, 1.165) is 29.6 Å². The number of pyridine rings is 1. The predicted octanol–water partition coefficient (Wildman–Crippen LogP) is 3.65. The number of H-pyrrole nitrogens is 1. The number of aromatic nitrogens is 2. The molecule has 2 aliphatic rings. The number of nitrogens with one attached hydrogen (secondary N) is 2. The Balaban J connectivity index is 1.53. The van der Waals surface area contributed by atoms with Gasteiger partial charge in [0, 0.05) is 17.3 Å². The first-order valence-electron chi connectivity index (χ1n) is 10.3. The number of nitrogens with zero attached hydrogens (tertiary/aromatic N) is 2. The predicted molar refractivity (Wildman–Crippen MR) is 119 cm³/mol. The van der Waals surface area contributed by atoms with Crippen molar-refractivity contribution in [1.29, 1.82) is 0 Å². The molecule has 1 fully saturated rings. The highest BCUT2D eigenvalue weighted by atomic mass is 35.5. The van der Waals surface area contributed by atoms with Gasteiger partial charge in [-0.05, 0) is 55.5 Å². The number of benzene rings is 1. The van der Waals surface area contributed by atoms with Gasteiger partial charge in [0.15, 0.2) is 5.58 Å². The van der Waals surface area contributed by atoms with E-state index in [0.29, 0.717) is 51.3 Å². The van der Waals surface area contributed by atoms with Crippen LogP contribution in [0.2, 0.25) is 10.0 Å². The molecule has 0 saturated carbocycles. The van der Waals surface area contributed by atoms with Crippen molar-refractivity contribution in [1.82, 2.24) is 20.4 Å². The summed E-state index contributed by atoms with van der Waals surface area (Å²) in [6, 6.07) is 1.91. The van der Waals surface area contributed by atoms with E-state index in [2.05, 4.69) is 22.4 Å². The number of amides is 1. The van der Waals surface area contributed by atoms with Crippen LogP contribution in [0.4, 0.5) is 0 Å². The minimum atomic E-state index is -0.288. The summed E-state index contributed by atoms with van der Waals surface area (Å²) in [4.78, 5) is 30.6. The fraction of sp³-hybridized carbons (Fsp3) is 0.409. The Kier molecular flexibility index (Phi) is 5.07. The highest BCUT2D eigenvalue weighted by Crippen LogP contribution is 2.40. The molecule has 162 valence electrons. The first-order chi connectivity index (χ1) is 14.9. The maximum absolute atomic E-state index is 13.5. The van der Waals surface area contributed by atoms with Gasteiger partial charge < -0.3 is 19.7 Å². The van der Waals surface area contributed by atoms with Gasteiger partial charge in [-0.15, -0.1) is 0 Å². The van der Waals surface area contributed by atoms with E-state index >= 15 is 0 Å². The Morgan fingerprint density at radius 2 is 2.10 bits per heavy atom. The van der Waals surface area contributed by atoms with Crippen LogP contribution in [0.15, 0.2) is 21.6 Å². The maximum atomic E-state index is 13.5. The van der Waals surface area contributed by atoms with Gasteiger partial charge in [-0.1, -0.05) is 35.3 Å². The normalized spacial score (nSPS) is 17.7. The molecular formula is C22H22Cl2N4O3. The van der Waals surface area contributed by atoms with Gasteiger partial charge in [0.05, 0.1) is 34.3 Å². The van der Waals surface area contributed by atoms with Crippen LogP contribution >= 0.6 is 23.2 Å². The number of aromatic amines is 1. The molecule has 2 aliphatic heterocycles. The molecule has 7 nitrogen and oxygen atoms in total. The lowest BCUT2D eigenvalue weighted by atomic mass is 9.82. The molecule has 1 amide bonds. The summed E-state index contributed by atoms with van der Waals surface area (Å²) in [6.07, 6.45) is 2.14. The summed E-state index contributed by atoms with van der Waals surface area (Å²) in [6.45, 7) is 6.31. The van der Waals surface area contributed by atoms with Crippen LogP contribution in [-0.2, 0) is 13.0 Å². The molecule has 1 saturated heterocycles. The molecule has 2 N–H and O–H groups in total. The Bertz CT molecular complexity index is 1260. The topological polar surface area (TPSA) is 91.2 Å². The van der Waals surface area contributed by atoms with Crippen LogP contribution in [0.1, 0.15) is 45.6 Å². The lowest BCUT2D eigenvalue weighted by Gasteiger charge is -2.35. The molecule has 1 atom stereocenters. The minimum Gasteiger partial charge on any atom is -0.356 e. The smallest absolute Gasteiger partial charge is 0.257 e.